The van der Waals surface area contributed by atoms with Crippen LogP contribution in [0.2, 0.25) is 0 Å². The van der Waals surface area contributed by atoms with E-state index in [2.05, 4.69) is 10.1 Å². The van der Waals surface area contributed by atoms with Gasteiger partial charge < -0.3 is 15.0 Å². The van der Waals surface area contributed by atoms with Gasteiger partial charge in [0.1, 0.15) is 0 Å². The fourth-order valence-corrected chi connectivity index (χ4v) is 3.56. The number of esters is 1. The van der Waals surface area contributed by atoms with Crippen LogP contribution in [0.15, 0.2) is 24.3 Å². The van der Waals surface area contributed by atoms with Crippen LogP contribution in [-0.4, -0.2) is 42.4 Å². The molecule has 0 spiro atoms. The molecule has 1 aliphatic carbocycles. The first-order chi connectivity index (χ1) is 11.6. The SMILES string of the molecule is COC(=O)c1cccc(NC(=O)C2CC(=O)N(C3CCCC3)C2)c1. The Morgan fingerprint density at radius 2 is 2.00 bits per heavy atom. The predicted molar refractivity (Wildman–Crippen MR) is 88.5 cm³/mol. The van der Waals surface area contributed by atoms with Crippen molar-refractivity contribution in [3.63, 3.8) is 0 Å². The molecule has 1 saturated carbocycles. The Balaban J connectivity index is 1.63. The molecule has 2 fully saturated rings. The zero-order valence-electron chi connectivity index (χ0n) is 13.8. The highest BCUT2D eigenvalue weighted by atomic mass is 16.5. The molecular weight excluding hydrogens is 308 g/mol. The van der Waals surface area contributed by atoms with Gasteiger partial charge in [0.2, 0.25) is 11.8 Å². The van der Waals surface area contributed by atoms with Crippen molar-refractivity contribution < 1.29 is 19.1 Å². The number of anilines is 1. The van der Waals surface area contributed by atoms with E-state index in [0.29, 0.717) is 23.8 Å². The summed E-state index contributed by atoms with van der Waals surface area (Å²) in [5.41, 5.74) is 0.917. The minimum atomic E-state index is -0.449. The Kier molecular flexibility index (Phi) is 4.83. The minimum Gasteiger partial charge on any atom is -0.465 e. The van der Waals surface area contributed by atoms with Crippen LogP contribution >= 0.6 is 0 Å². The molecule has 1 aromatic rings. The number of rotatable bonds is 4. The lowest BCUT2D eigenvalue weighted by Crippen LogP contribution is -2.35. The summed E-state index contributed by atoms with van der Waals surface area (Å²) in [6.45, 7) is 0.492. The highest BCUT2D eigenvalue weighted by Gasteiger charge is 2.38. The number of likely N-dealkylation sites (tertiary alicyclic amines) is 1. The quantitative estimate of drug-likeness (QED) is 0.859. The van der Waals surface area contributed by atoms with Crippen molar-refractivity contribution >= 4 is 23.5 Å². The second kappa shape index (κ2) is 7.03. The van der Waals surface area contributed by atoms with Gasteiger partial charge in [-0.1, -0.05) is 18.9 Å². The molecule has 6 nitrogen and oxygen atoms in total. The Labute approximate surface area is 141 Å². The van der Waals surface area contributed by atoms with E-state index in [9.17, 15) is 14.4 Å². The maximum Gasteiger partial charge on any atom is 0.337 e. The van der Waals surface area contributed by atoms with Crippen molar-refractivity contribution in [1.29, 1.82) is 0 Å². The third-order valence-electron chi connectivity index (χ3n) is 4.85. The molecule has 1 saturated heterocycles. The number of ether oxygens (including phenoxy) is 1. The van der Waals surface area contributed by atoms with Crippen molar-refractivity contribution in [3.8, 4) is 0 Å². The van der Waals surface area contributed by atoms with Gasteiger partial charge in [0.05, 0.1) is 18.6 Å². The van der Waals surface area contributed by atoms with Gasteiger partial charge >= 0.3 is 5.97 Å². The summed E-state index contributed by atoms with van der Waals surface area (Å²) < 4.78 is 4.68. The first-order valence-electron chi connectivity index (χ1n) is 8.37. The third kappa shape index (κ3) is 3.42. The summed E-state index contributed by atoms with van der Waals surface area (Å²) in [5, 5.41) is 2.81. The van der Waals surface area contributed by atoms with E-state index in [1.165, 1.54) is 7.11 Å². The molecule has 3 rings (SSSR count). The fraction of sp³-hybridized carbons (Fsp3) is 0.500. The van der Waals surface area contributed by atoms with Crippen LogP contribution in [0.25, 0.3) is 0 Å². The number of benzene rings is 1. The highest BCUT2D eigenvalue weighted by Crippen LogP contribution is 2.30. The Hall–Kier alpha value is -2.37. The van der Waals surface area contributed by atoms with Gasteiger partial charge in [-0.05, 0) is 31.0 Å². The van der Waals surface area contributed by atoms with Gasteiger partial charge in [-0.2, -0.15) is 0 Å². The van der Waals surface area contributed by atoms with Gasteiger partial charge in [-0.3, -0.25) is 9.59 Å². The van der Waals surface area contributed by atoms with Crippen LogP contribution in [0, 0.1) is 5.92 Å². The number of hydrogen-bond donors (Lipinski definition) is 1. The minimum absolute atomic E-state index is 0.0744. The lowest BCUT2D eigenvalue weighted by molar-refractivity contribution is -0.129. The van der Waals surface area contributed by atoms with E-state index in [1.807, 2.05) is 4.90 Å². The maximum atomic E-state index is 12.5. The number of hydrogen-bond acceptors (Lipinski definition) is 4. The van der Waals surface area contributed by atoms with E-state index in [-0.39, 0.29) is 24.2 Å². The molecule has 1 aliphatic heterocycles. The number of nitrogens with zero attached hydrogens (tertiary/aromatic N) is 1. The van der Waals surface area contributed by atoms with Crippen LogP contribution in [0.1, 0.15) is 42.5 Å². The van der Waals surface area contributed by atoms with Crippen molar-refractivity contribution in [1.82, 2.24) is 4.90 Å². The van der Waals surface area contributed by atoms with Gasteiger partial charge in [-0.25, -0.2) is 4.79 Å². The van der Waals surface area contributed by atoms with Gasteiger partial charge in [-0.15, -0.1) is 0 Å². The Morgan fingerprint density at radius 3 is 2.71 bits per heavy atom. The number of amides is 2. The Morgan fingerprint density at radius 1 is 1.25 bits per heavy atom. The van der Waals surface area contributed by atoms with Crippen molar-refractivity contribution in [3.05, 3.63) is 29.8 Å². The molecule has 2 amide bonds. The topological polar surface area (TPSA) is 75.7 Å². The summed E-state index contributed by atoms with van der Waals surface area (Å²) in [6.07, 6.45) is 4.67. The molecule has 24 heavy (non-hydrogen) atoms. The first-order valence-corrected chi connectivity index (χ1v) is 8.37. The molecule has 0 bridgehead atoms. The van der Waals surface area contributed by atoms with Crippen LogP contribution in [-0.2, 0) is 14.3 Å². The van der Waals surface area contributed by atoms with E-state index in [0.717, 1.165) is 25.7 Å². The number of nitrogens with one attached hydrogen (secondary N) is 1. The summed E-state index contributed by atoms with van der Waals surface area (Å²) in [4.78, 5) is 38.1. The molecular formula is C18H22N2O4. The van der Waals surface area contributed by atoms with E-state index in [1.54, 1.807) is 24.3 Å². The smallest absolute Gasteiger partial charge is 0.337 e. The van der Waals surface area contributed by atoms with Gasteiger partial charge in [0.15, 0.2) is 0 Å². The second-order valence-corrected chi connectivity index (χ2v) is 6.45. The average molecular weight is 330 g/mol. The molecule has 1 heterocycles. The molecule has 1 aromatic carbocycles. The molecule has 1 N–H and O–H groups in total. The normalized spacial score (nSPS) is 21.1. The van der Waals surface area contributed by atoms with Crippen molar-refractivity contribution in [2.24, 2.45) is 5.92 Å². The van der Waals surface area contributed by atoms with Crippen LogP contribution in [0.3, 0.4) is 0 Å². The second-order valence-electron chi connectivity index (χ2n) is 6.45. The lowest BCUT2D eigenvalue weighted by Gasteiger charge is -2.23. The van der Waals surface area contributed by atoms with Crippen molar-refractivity contribution in [2.45, 2.75) is 38.1 Å². The fourth-order valence-electron chi connectivity index (χ4n) is 3.56. The zero-order valence-corrected chi connectivity index (χ0v) is 13.8. The average Bonchev–Trinajstić information content (AvgIpc) is 3.23. The lowest BCUT2D eigenvalue weighted by atomic mass is 10.1. The zero-order chi connectivity index (χ0) is 17.1. The number of methoxy groups -OCH3 is 1. The first kappa shape index (κ1) is 16.5. The van der Waals surface area contributed by atoms with Crippen LogP contribution in [0.5, 0.6) is 0 Å². The largest absolute Gasteiger partial charge is 0.465 e. The standard InChI is InChI=1S/C18H22N2O4/c1-24-18(23)12-5-4-6-14(9-12)19-17(22)13-10-16(21)20(11-13)15-7-2-3-8-15/h4-6,9,13,15H,2-3,7-8,10-11H2,1H3,(H,19,22). The summed E-state index contributed by atoms with van der Waals surface area (Å²) in [6, 6.07) is 6.91. The number of carbonyl (C=O) groups is 3. The highest BCUT2D eigenvalue weighted by molar-refractivity contribution is 5.98. The van der Waals surface area contributed by atoms with Crippen LogP contribution in [0.4, 0.5) is 5.69 Å². The molecule has 2 aliphatic rings. The number of carbonyl (C=O) groups excluding carboxylic acids is 3. The molecule has 0 radical (unpaired) electrons. The van der Waals surface area contributed by atoms with E-state index >= 15 is 0 Å². The van der Waals surface area contributed by atoms with Gasteiger partial charge in [0, 0.05) is 24.7 Å². The molecule has 1 atom stereocenters. The monoisotopic (exact) mass is 330 g/mol. The van der Waals surface area contributed by atoms with E-state index < -0.39 is 5.97 Å². The van der Waals surface area contributed by atoms with Gasteiger partial charge in [0.25, 0.3) is 0 Å². The van der Waals surface area contributed by atoms with Crippen molar-refractivity contribution in [2.75, 3.05) is 19.0 Å². The third-order valence-corrected chi connectivity index (χ3v) is 4.85. The summed E-state index contributed by atoms with van der Waals surface area (Å²) in [7, 11) is 1.31. The summed E-state index contributed by atoms with van der Waals surface area (Å²) >= 11 is 0. The molecule has 1 unspecified atom stereocenters. The van der Waals surface area contributed by atoms with E-state index in [4.69, 9.17) is 0 Å². The predicted octanol–water partition coefficient (Wildman–Crippen LogP) is 2.20. The maximum absolute atomic E-state index is 12.5. The Bertz CT molecular complexity index is 652. The van der Waals surface area contributed by atoms with Crippen LogP contribution < -0.4 is 5.32 Å². The molecule has 128 valence electrons. The molecule has 0 aromatic heterocycles. The summed E-state index contributed by atoms with van der Waals surface area (Å²) in [5.74, 6) is -0.884. The molecule has 6 heteroatoms.